The molecule has 0 aromatic rings. The Morgan fingerprint density at radius 1 is 1.22 bits per heavy atom. The van der Waals surface area contributed by atoms with E-state index in [1.54, 1.807) is 0 Å². The van der Waals surface area contributed by atoms with Crippen molar-refractivity contribution in [1.82, 2.24) is 5.43 Å². The molecule has 100 valence electrons. The van der Waals surface area contributed by atoms with Crippen molar-refractivity contribution >= 4 is 0 Å². The molecule has 1 N–H and O–H groups in total. The summed E-state index contributed by atoms with van der Waals surface area (Å²) in [6.45, 7) is 8.29. The second-order valence-electron chi connectivity index (χ2n) is 6.01. The van der Waals surface area contributed by atoms with Crippen molar-refractivity contribution < 1.29 is 4.87 Å². The molecule has 0 radical (unpaired) electrons. The molecule has 0 spiro atoms. The Balaban J connectivity index is 2.20. The Hall–Kier alpha value is -1.12. The predicted molar refractivity (Wildman–Crippen MR) is 74.1 cm³/mol. The van der Waals surface area contributed by atoms with Crippen molar-refractivity contribution in [3.05, 3.63) is 30.2 Å². The number of nitroso groups, excluding NO2 is 1. The van der Waals surface area contributed by atoms with Crippen LogP contribution >= 0.6 is 0 Å². The van der Waals surface area contributed by atoms with Gasteiger partial charge in [-0.25, -0.2) is 0 Å². The van der Waals surface area contributed by atoms with E-state index in [9.17, 15) is 4.91 Å². The van der Waals surface area contributed by atoms with Gasteiger partial charge in [-0.1, -0.05) is 25.0 Å². The largest absolute Gasteiger partial charge is 0.231 e. The fourth-order valence-corrected chi connectivity index (χ4v) is 3.77. The Labute approximate surface area is 110 Å². The van der Waals surface area contributed by atoms with E-state index in [0.29, 0.717) is 18.5 Å². The first kappa shape index (κ1) is 13.3. The van der Waals surface area contributed by atoms with Crippen LogP contribution in [0.2, 0.25) is 0 Å². The van der Waals surface area contributed by atoms with Crippen molar-refractivity contribution in [3.63, 3.8) is 0 Å². The van der Waals surface area contributed by atoms with Crippen LogP contribution in [0.15, 0.2) is 25.3 Å². The summed E-state index contributed by atoms with van der Waals surface area (Å²) in [5.41, 5.74) is 3.20. The van der Waals surface area contributed by atoms with Crippen LogP contribution in [0.4, 0.5) is 0 Å². The van der Waals surface area contributed by atoms with Gasteiger partial charge in [-0.3, -0.25) is 0 Å². The van der Waals surface area contributed by atoms with Crippen LogP contribution in [0.1, 0.15) is 44.9 Å². The molecular weight excluding hydrogens is 224 g/mol. The van der Waals surface area contributed by atoms with Crippen LogP contribution < -0.4 is 5.43 Å². The average Bonchev–Trinajstić information content (AvgIpc) is 2.45. The summed E-state index contributed by atoms with van der Waals surface area (Å²) >= 11 is 0. The van der Waals surface area contributed by atoms with Crippen LogP contribution in [-0.2, 0) is 0 Å². The van der Waals surface area contributed by atoms with Gasteiger partial charge in [0, 0.05) is 5.41 Å². The molecular formula is C15H25N2O+. The van der Waals surface area contributed by atoms with E-state index in [0.717, 1.165) is 30.6 Å². The lowest BCUT2D eigenvalue weighted by Gasteiger charge is -2.33. The normalized spacial score (nSPS) is 30.8. The Morgan fingerprint density at radius 3 is 2.56 bits per heavy atom. The summed E-state index contributed by atoms with van der Waals surface area (Å²) in [6, 6.07) is 0.382. The van der Waals surface area contributed by atoms with Crippen molar-refractivity contribution in [3.8, 4) is 0 Å². The van der Waals surface area contributed by atoms with E-state index < -0.39 is 0 Å². The smallest absolute Gasteiger partial charge is 0.150 e. The topological polar surface area (TPSA) is 32.1 Å². The third-order valence-corrected chi connectivity index (χ3v) is 4.55. The van der Waals surface area contributed by atoms with Crippen LogP contribution in [0.3, 0.4) is 0 Å². The van der Waals surface area contributed by atoms with Gasteiger partial charge in [0.15, 0.2) is 0 Å². The summed E-state index contributed by atoms with van der Waals surface area (Å²) in [4.78, 5) is 13.1. The number of hydrazine groups is 1. The van der Waals surface area contributed by atoms with Crippen molar-refractivity contribution in [1.29, 1.82) is 0 Å². The molecule has 1 saturated carbocycles. The van der Waals surface area contributed by atoms with Gasteiger partial charge in [0.25, 0.3) is 0 Å². The number of allylic oxidation sites excluding steroid dienone is 2. The molecule has 2 rings (SSSR count). The molecule has 1 heterocycles. The minimum absolute atomic E-state index is 0.0367. The van der Waals surface area contributed by atoms with Crippen molar-refractivity contribution in [2.45, 2.75) is 51.0 Å². The third-order valence-electron chi connectivity index (χ3n) is 4.55. The van der Waals surface area contributed by atoms with Gasteiger partial charge in [0.05, 0.1) is 10.9 Å². The van der Waals surface area contributed by atoms with Crippen molar-refractivity contribution in [2.24, 2.45) is 11.3 Å². The fourth-order valence-electron chi connectivity index (χ4n) is 3.77. The summed E-state index contributed by atoms with van der Waals surface area (Å²) in [7, 11) is 0. The molecule has 1 aliphatic heterocycles. The van der Waals surface area contributed by atoms with Gasteiger partial charge in [0.2, 0.25) is 6.54 Å². The molecule has 0 aromatic heterocycles. The van der Waals surface area contributed by atoms with Crippen LogP contribution in [0.25, 0.3) is 0 Å². The monoisotopic (exact) mass is 249 g/mol. The molecule has 3 nitrogen and oxygen atoms in total. The lowest BCUT2D eigenvalue weighted by Crippen LogP contribution is -2.41. The molecule has 2 atom stereocenters. The first-order valence-electron chi connectivity index (χ1n) is 7.12. The molecule has 18 heavy (non-hydrogen) atoms. The van der Waals surface area contributed by atoms with Gasteiger partial charge in [-0.2, -0.15) is 0 Å². The van der Waals surface area contributed by atoms with Crippen molar-refractivity contribution in [2.75, 3.05) is 6.54 Å². The zero-order valence-electron chi connectivity index (χ0n) is 11.2. The molecule has 0 unspecified atom stereocenters. The predicted octanol–water partition coefficient (Wildman–Crippen LogP) is 3.37. The maximum atomic E-state index is 12.0. The second-order valence-corrected chi connectivity index (χ2v) is 6.01. The van der Waals surface area contributed by atoms with E-state index in [1.807, 2.05) is 12.2 Å². The van der Waals surface area contributed by atoms with Crippen LogP contribution in [-0.4, -0.2) is 17.5 Å². The second kappa shape index (κ2) is 5.68. The Morgan fingerprint density at radius 2 is 1.89 bits per heavy atom. The zero-order valence-corrected chi connectivity index (χ0v) is 11.2. The maximum Gasteiger partial charge on any atom is 0.231 e. The molecule has 2 aliphatic rings. The summed E-state index contributed by atoms with van der Waals surface area (Å²) in [5, 5.41) is 0. The van der Waals surface area contributed by atoms with Crippen LogP contribution in [0.5, 0.6) is 0 Å². The van der Waals surface area contributed by atoms with E-state index in [1.165, 1.54) is 19.3 Å². The number of hydrogen-bond donors (Lipinski definition) is 1. The van der Waals surface area contributed by atoms with E-state index >= 15 is 0 Å². The number of nitrogens with zero attached hydrogens (tertiary/aromatic N) is 1. The van der Waals surface area contributed by atoms with E-state index in [-0.39, 0.29) is 5.41 Å². The van der Waals surface area contributed by atoms with E-state index in [2.05, 4.69) is 18.6 Å². The average molecular weight is 249 g/mol. The van der Waals surface area contributed by atoms with Gasteiger partial charge < -0.3 is 0 Å². The van der Waals surface area contributed by atoms with Gasteiger partial charge in [0.1, 0.15) is 4.87 Å². The molecule has 0 amide bonds. The minimum Gasteiger partial charge on any atom is -0.150 e. The Bertz CT molecular complexity index is 327. The lowest BCUT2D eigenvalue weighted by molar-refractivity contribution is -0.621. The quantitative estimate of drug-likeness (QED) is 0.612. The highest BCUT2D eigenvalue weighted by atomic mass is 16.3. The minimum atomic E-state index is 0.0367. The molecule has 0 bridgehead atoms. The Kier molecular flexibility index (Phi) is 4.20. The van der Waals surface area contributed by atoms with Gasteiger partial charge in [-0.15, -0.1) is 18.6 Å². The number of hydrogen-bond acceptors (Lipinski definition) is 1. The first-order valence-corrected chi connectivity index (χ1v) is 7.12. The summed E-state index contributed by atoms with van der Waals surface area (Å²) in [5.74, 6) is 0.637. The molecule has 3 heteroatoms. The standard InChI is InChI=1S/C15H25N2O/c1-3-9-15(10-4-2)11-13-7-5-6-8-14(13)16-17(18)12-15/h3-4,13-14H,1-2,5-12H2,(H,16,18)/q+1/t13-,14+/m0/s1. The molecule has 0 aromatic carbocycles. The number of fused-ring (bicyclic) bond motifs is 1. The third kappa shape index (κ3) is 2.82. The maximum absolute atomic E-state index is 12.0. The van der Waals surface area contributed by atoms with E-state index in [4.69, 9.17) is 0 Å². The molecule has 1 aliphatic carbocycles. The van der Waals surface area contributed by atoms with Crippen LogP contribution in [0, 0.1) is 16.2 Å². The highest BCUT2D eigenvalue weighted by Gasteiger charge is 2.44. The highest BCUT2D eigenvalue weighted by molar-refractivity contribution is 4.96. The lowest BCUT2D eigenvalue weighted by atomic mass is 9.70. The highest BCUT2D eigenvalue weighted by Crippen LogP contribution is 2.42. The molecule has 2 fully saturated rings. The number of rotatable bonds is 4. The summed E-state index contributed by atoms with van der Waals surface area (Å²) < 4.78 is 0. The zero-order chi connectivity index (χ0) is 13.0. The fraction of sp³-hybridized carbons (Fsp3) is 0.733. The van der Waals surface area contributed by atoms with Gasteiger partial charge >= 0.3 is 0 Å². The first-order chi connectivity index (χ1) is 8.69. The SMILES string of the molecule is C=CCC1(CC=C)C[C@@H]2CCCC[C@H]2N[N+](=O)C1. The molecule has 1 saturated heterocycles. The summed E-state index contributed by atoms with van der Waals surface area (Å²) in [6.07, 6.45) is 11.8. The number of nitrogens with one attached hydrogen (secondary N) is 1. The van der Waals surface area contributed by atoms with Gasteiger partial charge in [-0.05, 0) is 38.0 Å².